The van der Waals surface area contributed by atoms with Gasteiger partial charge in [0.25, 0.3) is 0 Å². The second kappa shape index (κ2) is 4.99. The van der Waals surface area contributed by atoms with Gasteiger partial charge in [0.05, 0.1) is 6.61 Å². The van der Waals surface area contributed by atoms with Crippen LogP contribution in [0.2, 0.25) is 0 Å². The Hall–Kier alpha value is -1.54. The smallest absolute Gasteiger partial charge is 0.248 e. The Morgan fingerprint density at radius 1 is 1.56 bits per heavy atom. The number of hydrogen-bond donors (Lipinski definition) is 1. The molecule has 0 aliphatic rings. The zero-order valence-electron chi connectivity index (χ0n) is 9.66. The highest BCUT2D eigenvalue weighted by molar-refractivity contribution is 7.99. The number of H-pyrrole nitrogens is 1. The fourth-order valence-corrected chi connectivity index (χ4v) is 3.05. The second-order valence-corrected chi connectivity index (χ2v) is 5.37. The van der Waals surface area contributed by atoms with Gasteiger partial charge in [-0.25, -0.2) is 4.98 Å². The van der Waals surface area contributed by atoms with Gasteiger partial charge in [0.15, 0.2) is 15.1 Å². The van der Waals surface area contributed by atoms with E-state index >= 15 is 0 Å². The number of nitrogens with zero attached hydrogens (tertiary/aromatic N) is 4. The second-order valence-electron chi connectivity index (χ2n) is 3.52. The third kappa shape index (κ3) is 2.08. The van der Waals surface area contributed by atoms with E-state index in [4.69, 9.17) is 4.74 Å². The van der Waals surface area contributed by atoms with Crippen LogP contribution < -0.4 is 4.74 Å². The predicted octanol–water partition coefficient (Wildman–Crippen LogP) is 2.45. The molecule has 94 valence electrons. The molecule has 0 amide bonds. The summed E-state index contributed by atoms with van der Waals surface area (Å²) >= 11 is 3.05. The van der Waals surface area contributed by atoms with E-state index in [1.165, 1.54) is 18.1 Å². The van der Waals surface area contributed by atoms with Gasteiger partial charge in [-0.2, -0.15) is 10.1 Å². The molecule has 0 spiro atoms. The number of aromatic amines is 1. The number of nitrogens with one attached hydrogen (secondary N) is 1. The lowest BCUT2D eigenvalue weighted by Crippen LogP contribution is -1.96. The van der Waals surface area contributed by atoms with Gasteiger partial charge in [0.2, 0.25) is 5.88 Å². The molecular formula is C10H11N5OS2. The van der Waals surface area contributed by atoms with E-state index in [9.17, 15) is 0 Å². The average Bonchev–Trinajstić information content (AvgIpc) is 3.06. The minimum atomic E-state index is 0.658. The van der Waals surface area contributed by atoms with E-state index < -0.39 is 0 Å². The minimum absolute atomic E-state index is 0.658. The van der Waals surface area contributed by atoms with Gasteiger partial charge < -0.3 is 4.74 Å². The Morgan fingerprint density at radius 2 is 2.50 bits per heavy atom. The monoisotopic (exact) mass is 281 g/mol. The van der Waals surface area contributed by atoms with Crippen LogP contribution in [-0.4, -0.2) is 31.2 Å². The first kappa shape index (κ1) is 11.5. The van der Waals surface area contributed by atoms with E-state index in [1.807, 2.05) is 16.0 Å². The van der Waals surface area contributed by atoms with E-state index in [1.54, 1.807) is 11.3 Å². The maximum absolute atomic E-state index is 5.67. The van der Waals surface area contributed by atoms with Gasteiger partial charge in [0, 0.05) is 11.6 Å². The van der Waals surface area contributed by atoms with Gasteiger partial charge in [0.1, 0.15) is 6.33 Å². The molecular weight excluding hydrogens is 270 g/mol. The number of fused-ring (bicyclic) bond motifs is 1. The molecule has 0 aliphatic heterocycles. The Kier molecular flexibility index (Phi) is 3.20. The molecule has 3 aromatic rings. The highest BCUT2D eigenvalue weighted by atomic mass is 32.2. The maximum Gasteiger partial charge on any atom is 0.248 e. The van der Waals surface area contributed by atoms with Gasteiger partial charge in [-0.05, 0) is 18.2 Å². The first-order chi connectivity index (χ1) is 8.88. The average molecular weight is 281 g/mol. The molecule has 0 saturated carbocycles. The van der Waals surface area contributed by atoms with E-state index in [0.29, 0.717) is 12.5 Å². The van der Waals surface area contributed by atoms with Crippen molar-refractivity contribution in [1.82, 2.24) is 24.6 Å². The van der Waals surface area contributed by atoms with Crippen LogP contribution in [0.1, 0.15) is 13.3 Å². The number of ether oxygens (including phenoxy) is 1. The molecule has 3 heterocycles. The lowest BCUT2D eigenvalue weighted by atomic mass is 10.5. The molecule has 18 heavy (non-hydrogen) atoms. The van der Waals surface area contributed by atoms with Crippen LogP contribution in [0.3, 0.4) is 0 Å². The normalized spacial score (nSPS) is 11.2. The molecule has 1 N–H and O–H groups in total. The Balaban J connectivity index is 1.97. The van der Waals surface area contributed by atoms with E-state index in [0.717, 1.165) is 21.6 Å². The summed E-state index contributed by atoms with van der Waals surface area (Å²) < 4.78 is 7.67. The highest BCUT2D eigenvalue weighted by Crippen LogP contribution is 2.34. The molecule has 0 aliphatic carbocycles. The van der Waals surface area contributed by atoms with Crippen LogP contribution >= 0.6 is 23.1 Å². The fourth-order valence-electron chi connectivity index (χ4n) is 1.47. The van der Waals surface area contributed by atoms with Crippen LogP contribution in [0.5, 0.6) is 5.88 Å². The Labute approximate surface area is 111 Å². The van der Waals surface area contributed by atoms with Crippen molar-refractivity contribution in [2.45, 2.75) is 23.5 Å². The molecule has 3 aromatic heterocycles. The van der Waals surface area contributed by atoms with Gasteiger partial charge in [-0.1, -0.05) is 6.92 Å². The van der Waals surface area contributed by atoms with Crippen molar-refractivity contribution >= 4 is 28.1 Å². The van der Waals surface area contributed by atoms with Crippen molar-refractivity contribution in [3.8, 4) is 5.88 Å². The number of hydrogen-bond acceptors (Lipinski definition) is 6. The van der Waals surface area contributed by atoms with Crippen LogP contribution in [0, 0.1) is 0 Å². The lowest BCUT2D eigenvalue weighted by molar-refractivity contribution is 0.299. The van der Waals surface area contributed by atoms with E-state index in [2.05, 4.69) is 27.1 Å². The summed E-state index contributed by atoms with van der Waals surface area (Å²) in [7, 11) is 0. The first-order valence-corrected chi connectivity index (χ1v) is 7.19. The number of thiazole rings is 1. The molecule has 8 heteroatoms. The summed E-state index contributed by atoms with van der Waals surface area (Å²) in [6.07, 6.45) is 4.42. The summed E-state index contributed by atoms with van der Waals surface area (Å²) in [6, 6.07) is 0. The summed E-state index contributed by atoms with van der Waals surface area (Å²) in [5, 5.41) is 10.3. The molecule has 0 aromatic carbocycles. The number of imidazole rings is 1. The quantitative estimate of drug-likeness (QED) is 0.778. The fraction of sp³-hybridized carbons (Fsp3) is 0.300. The lowest BCUT2D eigenvalue weighted by Gasteiger charge is -2.03. The summed E-state index contributed by atoms with van der Waals surface area (Å²) in [4.78, 5) is 9.49. The molecule has 0 saturated heterocycles. The van der Waals surface area contributed by atoms with Crippen molar-refractivity contribution in [1.29, 1.82) is 0 Å². The summed E-state index contributed by atoms with van der Waals surface area (Å²) in [6.45, 7) is 2.73. The van der Waals surface area contributed by atoms with Crippen LogP contribution in [0.25, 0.3) is 4.96 Å². The van der Waals surface area contributed by atoms with Crippen LogP contribution in [-0.2, 0) is 0 Å². The summed E-state index contributed by atoms with van der Waals surface area (Å²) in [5.41, 5.74) is 0. The minimum Gasteiger partial charge on any atom is -0.476 e. The predicted molar refractivity (Wildman–Crippen MR) is 69.4 cm³/mol. The van der Waals surface area contributed by atoms with Crippen molar-refractivity contribution in [3.63, 3.8) is 0 Å². The molecule has 3 rings (SSSR count). The Bertz CT molecular complexity index is 630. The largest absolute Gasteiger partial charge is 0.476 e. The van der Waals surface area contributed by atoms with Gasteiger partial charge >= 0.3 is 0 Å². The molecule has 0 bridgehead atoms. The molecule has 0 radical (unpaired) electrons. The molecule has 0 fully saturated rings. The van der Waals surface area contributed by atoms with Crippen molar-refractivity contribution in [3.05, 3.63) is 17.9 Å². The first-order valence-electron chi connectivity index (χ1n) is 5.50. The zero-order valence-corrected chi connectivity index (χ0v) is 11.3. The molecule has 0 atom stereocenters. The SMILES string of the molecule is CCCOc1nc2sccn2c1Sc1ncn[nH]1. The van der Waals surface area contributed by atoms with Crippen LogP contribution in [0.15, 0.2) is 28.1 Å². The van der Waals surface area contributed by atoms with Gasteiger partial charge in [-0.3, -0.25) is 9.50 Å². The standard InChI is InChI=1S/C10H11N5OS2/c1-2-4-16-7-8(18-9-11-6-12-14-9)15-3-5-17-10(15)13-7/h3,5-6H,2,4H2,1H3,(H,11,12,14). The van der Waals surface area contributed by atoms with E-state index in [-0.39, 0.29) is 0 Å². The van der Waals surface area contributed by atoms with Crippen molar-refractivity contribution in [2.75, 3.05) is 6.61 Å². The summed E-state index contributed by atoms with van der Waals surface area (Å²) in [5.74, 6) is 0.658. The zero-order chi connectivity index (χ0) is 12.4. The third-order valence-corrected chi connectivity index (χ3v) is 3.93. The molecule has 6 nitrogen and oxygen atoms in total. The maximum atomic E-state index is 5.67. The van der Waals surface area contributed by atoms with Crippen molar-refractivity contribution in [2.24, 2.45) is 0 Å². The highest BCUT2D eigenvalue weighted by Gasteiger charge is 2.16. The third-order valence-electron chi connectivity index (χ3n) is 2.22. The van der Waals surface area contributed by atoms with Gasteiger partial charge in [-0.15, -0.1) is 11.3 Å². The van der Waals surface area contributed by atoms with Crippen LogP contribution in [0.4, 0.5) is 0 Å². The number of aromatic nitrogens is 5. The molecule has 0 unspecified atom stereocenters. The topological polar surface area (TPSA) is 68.1 Å². The Morgan fingerprint density at radius 3 is 3.28 bits per heavy atom. The van der Waals surface area contributed by atoms with Crippen molar-refractivity contribution < 1.29 is 4.74 Å². The number of rotatable bonds is 5.